The van der Waals surface area contributed by atoms with E-state index in [-0.39, 0.29) is 5.56 Å². The predicted molar refractivity (Wildman–Crippen MR) is 69.9 cm³/mol. The molecule has 1 unspecified atom stereocenters. The van der Waals surface area contributed by atoms with Crippen molar-refractivity contribution in [3.63, 3.8) is 0 Å². The van der Waals surface area contributed by atoms with E-state index in [1.807, 2.05) is 0 Å². The number of carboxylic acids is 1. The van der Waals surface area contributed by atoms with Gasteiger partial charge in [-0.05, 0) is 38.9 Å². The molecule has 2 N–H and O–H groups in total. The molecule has 1 heterocycles. The Hall–Kier alpha value is -1.62. The van der Waals surface area contributed by atoms with Crippen LogP contribution in [0.5, 0.6) is 0 Å². The lowest BCUT2D eigenvalue weighted by Gasteiger charge is -2.24. The summed E-state index contributed by atoms with van der Waals surface area (Å²) in [6, 6.07) is 4.19. The van der Waals surface area contributed by atoms with Crippen molar-refractivity contribution in [2.75, 3.05) is 18.9 Å². The number of carboxylic acid groups (broad SMARTS) is 1. The van der Waals surface area contributed by atoms with Crippen LogP contribution in [0.4, 0.5) is 5.82 Å². The van der Waals surface area contributed by atoms with Crippen LogP contribution < -0.4 is 5.32 Å². The first-order valence-electron chi connectivity index (χ1n) is 6.23. The van der Waals surface area contributed by atoms with Gasteiger partial charge >= 0.3 is 5.97 Å². The number of nitrogens with one attached hydrogen (secondary N) is 1. The molecule has 0 aromatic carbocycles. The summed E-state index contributed by atoms with van der Waals surface area (Å²) in [5.41, 5.74) is 0.260. The average molecular weight is 249 g/mol. The number of rotatable bonds is 6. The van der Waals surface area contributed by atoms with Gasteiger partial charge in [0.25, 0.3) is 0 Å². The fraction of sp³-hybridized carbons (Fsp3) is 0.538. The molecule has 1 atom stereocenters. The molecule has 98 valence electrons. The molecule has 0 spiro atoms. The lowest BCUT2D eigenvalue weighted by molar-refractivity contribution is 0.0697. The van der Waals surface area contributed by atoms with E-state index in [0.29, 0.717) is 11.9 Å². The second-order valence-electron chi connectivity index (χ2n) is 4.86. The minimum absolute atomic E-state index is 0.260. The number of nitrogens with zero attached hydrogens (tertiary/aromatic N) is 2. The summed E-state index contributed by atoms with van der Waals surface area (Å²) in [5.74, 6) is -0.311. The van der Waals surface area contributed by atoms with Gasteiger partial charge in [-0.1, -0.05) is 0 Å². The first-order chi connectivity index (χ1) is 8.58. The monoisotopic (exact) mass is 249 g/mol. The van der Waals surface area contributed by atoms with Crippen molar-refractivity contribution >= 4 is 11.8 Å². The molecule has 0 aliphatic heterocycles. The van der Waals surface area contributed by atoms with Crippen molar-refractivity contribution < 1.29 is 9.90 Å². The molecule has 0 amide bonds. The molecule has 1 aliphatic carbocycles. The zero-order valence-electron chi connectivity index (χ0n) is 10.8. The minimum Gasteiger partial charge on any atom is -0.478 e. The Kier molecular flexibility index (Phi) is 3.81. The standard InChI is InChI=1S/C13H19N3O2/c1-9(16(2)11-3-4-11)8-15-12-7-10(13(17)18)5-6-14-12/h5-7,9,11H,3-4,8H2,1-2H3,(H,14,15)(H,17,18). The van der Waals surface area contributed by atoms with E-state index in [0.717, 1.165) is 12.6 Å². The number of hydrogen-bond donors (Lipinski definition) is 2. The fourth-order valence-electron chi connectivity index (χ4n) is 1.90. The summed E-state index contributed by atoms with van der Waals surface area (Å²) in [5, 5.41) is 12.1. The number of pyridine rings is 1. The summed E-state index contributed by atoms with van der Waals surface area (Å²) in [6.07, 6.45) is 4.09. The summed E-state index contributed by atoms with van der Waals surface area (Å²) in [7, 11) is 2.13. The molecular weight excluding hydrogens is 230 g/mol. The van der Waals surface area contributed by atoms with Crippen molar-refractivity contribution in [2.24, 2.45) is 0 Å². The molecule has 0 bridgehead atoms. The van der Waals surface area contributed by atoms with E-state index >= 15 is 0 Å². The van der Waals surface area contributed by atoms with Crippen molar-refractivity contribution in [3.8, 4) is 0 Å². The van der Waals surface area contributed by atoms with Gasteiger partial charge in [0.15, 0.2) is 0 Å². The highest BCUT2D eigenvalue weighted by Crippen LogP contribution is 2.26. The highest BCUT2D eigenvalue weighted by molar-refractivity contribution is 5.88. The van der Waals surface area contributed by atoms with Crippen LogP contribution in [0.3, 0.4) is 0 Å². The van der Waals surface area contributed by atoms with Crippen LogP contribution in [0.2, 0.25) is 0 Å². The SMILES string of the molecule is CC(CNc1cc(C(=O)O)ccn1)N(C)C1CC1. The lowest BCUT2D eigenvalue weighted by Crippen LogP contribution is -2.36. The molecule has 2 rings (SSSR count). The highest BCUT2D eigenvalue weighted by atomic mass is 16.4. The van der Waals surface area contributed by atoms with Gasteiger partial charge in [-0.3, -0.25) is 4.90 Å². The molecule has 1 aromatic heterocycles. The van der Waals surface area contributed by atoms with Crippen LogP contribution in [0.15, 0.2) is 18.3 Å². The quantitative estimate of drug-likeness (QED) is 0.803. The van der Waals surface area contributed by atoms with Gasteiger partial charge in [0, 0.05) is 24.8 Å². The number of anilines is 1. The summed E-state index contributed by atoms with van der Waals surface area (Å²) in [6.45, 7) is 2.93. The molecule has 1 aromatic rings. The molecule has 5 nitrogen and oxygen atoms in total. The Morgan fingerprint density at radius 2 is 2.39 bits per heavy atom. The van der Waals surface area contributed by atoms with Crippen molar-refractivity contribution in [3.05, 3.63) is 23.9 Å². The smallest absolute Gasteiger partial charge is 0.335 e. The Bertz CT molecular complexity index is 432. The Morgan fingerprint density at radius 1 is 1.67 bits per heavy atom. The third kappa shape index (κ3) is 3.20. The molecule has 1 aliphatic rings. The third-order valence-electron chi connectivity index (χ3n) is 3.40. The number of carbonyl (C=O) groups is 1. The molecular formula is C13H19N3O2. The molecule has 1 fully saturated rings. The normalized spacial score (nSPS) is 16.6. The predicted octanol–water partition coefficient (Wildman–Crippen LogP) is 1.67. The van der Waals surface area contributed by atoms with E-state index in [2.05, 4.69) is 29.2 Å². The Balaban J connectivity index is 1.89. The summed E-state index contributed by atoms with van der Waals surface area (Å²) in [4.78, 5) is 17.3. The number of aromatic carboxylic acids is 1. The van der Waals surface area contributed by atoms with Crippen molar-refractivity contribution in [1.82, 2.24) is 9.88 Å². The summed E-state index contributed by atoms with van der Waals surface area (Å²) < 4.78 is 0. The van der Waals surface area contributed by atoms with Crippen LogP contribution in [-0.2, 0) is 0 Å². The van der Waals surface area contributed by atoms with E-state index in [1.165, 1.54) is 25.1 Å². The fourth-order valence-corrected chi connectivity index (χ4v) is 1.90. The number of hydrogen-bond acceptors (Lipinski definition) is 4. The Labute approximate surface area is 107 Å². The maximum absolute atomic E-state index is 10.8. The van der Waals surface area contributed by atoms with Gasteiger partial charge < -0.3 is 10.4 Å². The van der Waals surface area contributed by atoms with E-state index in [9.17, 15) is 4.79 Å². The molecule has 5 heteroatoms. The van der Waals surface area contributed by atoms with Crippen LogP contribution in [-0.4, -0.2) is 46.6 Å². The van der Waals surface area contributed by atoms with Gasteiger partial charge in [-0.2, -0.15) is 0 Å². The van der Waals surface area contributed by atoms with Crippen molar-refractivity contribution in [1.29, 1.82) is 0 Å². The second-order valence-corrected chi connectivity index (χ2v) is 4.86. The third-order valence-corrected chi connectivity index (χ3v) is 3.40. The van der Waals surface area contributed by atoms with Crippen LogP contribution in [0.1, 0.15) is 30.1 Å². The zero-order valence-corrected chi connectivity index (χ0v) is 10.8. The molecule has 1 saturated carbocycles. The first kappa shape index (κ1) is 12.8. The maximum atomic E-state index is 10.8. The molecule has 18 heavy (non-hydrogen) atoms. The maximum Gasteiger partial charge on any atom is 0.335 e. The van der Waals surface area contributed by atoms with Gasteiger partial charge in [-0.25, -0.2) is 9.78 Å². The van der Waals surface area contributed by atoms with Gasteiger partial charge in [0.1, 0.15) is 5.82 Å². The molecule has 0 saturated heterocycles. The van der Waals surface area contributed by atoms with Gasteiger partial charge in [0.2, 0.25) is 0 Å². The average Bonchev–Trinajstić information content (AvgIpc) is 3.19. The van der Waals surface area contributed by atoms with Gasteiger partial charge in [0.05, 0.1) is 5.56 Å². The topological polar surface area (TPSA) is 65.5 Å². The van der Waals surface area contributed by atoms with E-state index in [4.69, 9.17) is 5.11 Å². The van der Waals surface area contributed by atoms with Crippen LogP contribution in [0.25, 0.3) is 0 Å². The second kappa shape index (κ2) is 5.35. The van der Waals surface area contributed by atoms with Crippen LogP contribution >= 0.6 is 0 Å². The minimum atomic E-state index is -0.927. The van der Waals surface area contributed by atoms with Crippen LogP contribution in [0, 0.1) is 0 Å². The number of aromatic nitrogens is 1. The Morgan fingerprint density at radius 3 is 3.00 bits per heavy atom. The highest BCUT2D eigenvalue weighted by Gasteiger charge is 2.28. The largest absolute Gasteiger partial charge is 0.478 e. The first-order valence-corrected chi connectivity index (χ1v) is 6.23. The van der Waals surface area contributed by atoms with E-state index in [1.54, 1.807) is 6.07 Å². The van der Waals surface area contributed by atoms with Crippen molar-refractivity contribution in [2.45, 2.75) is 31.8 Å². The zero-order chi connectivity index (χ0) is 13.1. The van der Waals surface area contributed by atoms with Gasteiger partial charge in [-0.15, -0.1) is 0 Å². The number of likely N-dealkylation sites (N-methyl/N-ethyl adjacent to an activating group) is 1. The summed E-state index contributed by atoms with van der Waals surface area (Å²) >= 11 is 0. The lowest BCUT2D eigenvalue weighted by atomic mass is 10.2. The van der Waals surface area contributed by atoms with E-state index < -0.39 is 5.97 Å². The molecule has 0 radical (unpaired) electrons.